The first-order valence-electron chi connectivity index (χ1n) is 7.22. The van der Waals surface area contributed by atoms with Gasteiger partial charge in [0, 0.05) is 19.4 Å². The van der Waals surface area contributed by atoms with Gasteiger partial charge in [0.05, 0.1) is 16.7 Å². The van der Waals surface area contributed by atoms with Crippen LogP contribution in [-0.2, 0) is 14.6 Å². The second-order valence-electron chi connectivity index (χ2n) is 5.00. The molecule has 5 heteroatoms. The number of rotatable bonds is 7. The Morgan fingerprint density at radius 1 is 1.05 bits per heavy atom. The predicted molar refractivity (Wildman–Crippen MR) is 88.9 cm³/mol. The van der Waals surface area contributed by atoms with E-state index in [4.69, 9.17) is 4.74 Å². The summed E-state index contributed by atoms with van der Waals surface area (Å²) in [6.07, 6.45) is 1.09. The van der Waals surface area contributed by atoms with E-state index in [-0.39, 0.29) is 6.10 Å². The van der Waals surface area contributed by atoms with Crippen LogP contribution in [0.15, 0.2) is 59.5 Å². The van der Waals surface area contributed by atoms with Gasteiger partial charge >= 0.3 is 0 Å². The lowest BCUT2D eigenvalue weighted by molar-refractivity contribution is 0.0718. The van der Waals surface area contributed by atoms with E-state index in [1.165, 1.54) is 6.26 Å². The SMILES string of the molecule is CCOC(CNc1ccccc1S(C)(=O)=O)c1ccccc1. The zero-order chi connectivity index (χ0) is 16.0. The van der Waals surface area contributed by atoms with Crippen molar-refractivity contribution in [3.05, 3.63) is 60.2 Å². The van der Waals surface area contributed by atoms with E-state index in [1.807, 2.05) is 43.3 Å². The monoisotopic (exact) mass is 319 g/mol. The molecule has 0 saturated heterocycles. The van der Waals surface area contributed by atoms with Crippen LogP contribution in [0.3, 0.4) is 0 Å². The molecule has 2 aromatic rings. The summed E-state index contributed by atoms with van der Waals surface area (Å²) in [6.45, 7) is 3.04. The minimum absolute atomic E-state index is 0.126. The zero-order valence-corrected chi connectivity index (χ0v) is 13.6. The van der Waals surface area contributed by atoms with Gasteiger partial charge in [-0.1, -0.05) is 42.5 Å². The van der Waals surface area contributed by atoms with E-state index >= 15 is 0 Å². The van der Waals surface area contributed by atoms with Gasteiger partial charge in [-0.05, 0) is 24.6 Å². The number of ether oxygens (including phenoxy) is 1. The van der Waals surface area contributed by atoms with Crippen molar-refractivity contribution in [3.8, 4) is 0 Å². The smallest absolute Gasteiger partial charge is 0.177 e. The van der Waals surface area contributed by atoms with Crippen molar-refractivity contribution in [2.45, 2.75) is 17.9 Å². The van der Waals surface area contributed by atoms with E-state index in [0.29, 0.717) is 23.7 Å². The van der Waals surface area contributed by atoms with Gasteiger partial charge in [-0.15, -0.1) is 0 Å². The van der Waals surface area contributed by atoms with E-state index < -0.39 is 9.84 Å². The van der Waals surface area contributed by atoms with Gasteiger partial charge in [-0.2, -0.15) is 0 Å². The summed E-state index contributed by atoms with van der Waals surface area (Å²) >= 11 is 0. The number of anilines is 1. The van der Waals surface area contributed by atoms with E-state index in [2.05, 4.69) is 5.32 Å². The fourth-order valence-corrected chi connectivity index (χ4v) is 3.15. The third kappa shape index (κ3) is 4.32. The fourth-order valence-electron chi connectivity index (χ4n) is 2.28. The van der Waals surface area contributed by atoms with E-state index in [1.54, 1.807) is 18.2 Å². The van der Waals surface area contributed by atoms with Crippen LogP contribution in [0.25, 0.3) is 0 Å². The van der Waals surface area contributed by atoms with Gasteiger partial charge in [0.1, 0.15) is 0 Å². The van der Waals surface area contributed by atoms with Crippen LogP contribution in [0.4, 0.5) is 5.69 Å². The first kappa shape index (κ1) is 16.5. The second kappa shape index (κ2) is 7.42. The summed E-state index contributed by atoms with van der Waals surface area (Å²) in [5, 5.41) is 3.20. The van der Waals surface area contributed by atoms with Crippen molar-refractivity contribution >= 4 is 15.5 Å². The molecule has 0 amide bonds. The number of para-hydroxylation sites is 1. The average Bonchev–Trinajstić information content (AvgIpc) is 2.51. The van der Waals surface area contributed by atoms with E-state index in [0.717, 1.165) is 5.56 Å². The van der Waals surface area contributed by atoms with Crippen molar-refractivity contribution in [2.75, 3.05) is 24.7 Å². The maximum atomic E-state index is 11.8. The molecular formula is C17H21NO3S. The number of nitrogens with one attached hydrogen (secondary N) is 1. The summed E-state index contributed by atoms with van der Waals surface area (Å²) in [4.78, 5) is 0.304. The molecule has 0 saturated carbocycles. The molecule has 0 bridgehead atoms. The van der Waals surface area contributed by atoms with Crippen LogP contribution in [0.5, 0.6) is 0 Å². The summed E-state index contributed by atoms with van der Waals surface area (Å²) in [6, 6.07) is 16.8. The highest BCUT2D eigenvalue weighted by Crippen LogP contribution is 2.23. The maximum Gasteiger partial charge on any atom is 0.177 e. The highest BCUT2D eigenvalue weighted by atomic mass is 32.2. The van der Waals surface area contributed by atoms with Gasteiger partial charge in [0.25, 0.3) is 0 Å². The molecule has 0 aliphatic carbocycles. The lowest BCUT2D eigenvalue weighted by atomic mass is 10.1. The fraction of sp³-hybridized carbons (Fsp3) is 0.294. The maximum absolute atomic E-state index is 11.8. The minimum Gasteiger partial charge on any atom is -0.381 e. The Labute approximate surface area is 132 Å². The molecule has 1 atom stereocenters. The van der Waals surface area contributed by atoms with Crippen LogP contribution >= 0.6 is 0 Å². The van der Waals surface area contributed by atoms with Gasteiger partial charge in [0.15, 0.2) is 9.84 Å². The molecule has 2 aromatic carbocycles. The molecule has 0 radical (unpaired) electrons. The molecule has 0 heterocycles. The largest absolute Gasteiger partial charge is 0.381 e. The Morgan fingerprint density at radius 3 is 2.32 bits per heavy atom. The Kier molecular flexibility index (Phi) is 5.57. The molecule has 0 spiro atoms. The first-order chi connectivity index (χ1) is 10.5. The Balaban J connectivity index is 2.17. The Hall–Kier alpha value is -1.85. The van der Waals surface area contributed by atoms with Crippen LogP contribution in [0, 0.1) is 0 Å². The summed E-state index contributed by atoms with van der Waals surface area (Å²) in [7, 11) is -3.26. The van der Waals surface area contributed by atoms with Crippen molar-refractivity contribution in [1.29, 1.82) is 0 Å². The summed E-state index contributed by atoms with van der Waals surface area (Å²) < 4.78 is 29.4. The molecule has 0 aliphatic rings. The van der Waals surface area contributed by atoms with E-state index in [9.17, 15) is 8.42 Å². The molecular weight excluding hydrogens is 298 g/mol. The highest BCUT2D eigenvalue weighted by molar-refractivity contribution is 7.90. The molecule has 1 unspecified atom stereocenters. The number of hydrogen-bond acceptors (Lipinski definition) is 4. The summed E-state index contributed by atoms with van der Waals surface area (Å²) in [5.41, 5.74) is 1.67. The molecule has 0 fully saturated rings. The average molecular weight is 319 g/mol. The van der Waals surface area contributed by atoms with Gasteiger partial charge in [-0.3, -0.25) is 0 Å². The van der Waals surface area contributed by atoms with Gasteiger partial charge in [0.2, 0.25) is 0 Å². The summed E-state index contributed by atoms with van der Waals surface area (Å²) in [5.74, 6) is 0. The zero-order valence-electron chi connectivity index (χ0n) is 12.8. The molecule has 1 N–H and O–H groups in total. The third-order valence-electron chi connectivity index (χ3n) is 3.30. The second-order valence-corrected chi connectivity index (χ2v) is 6.99. The predicted octanol–water partition coefficient (Wildman–Crippen LogP) is 3.28. The quantitative estimate of drug-likeness (QED) is 0.851. The van der Waals surface area contributed by atoms with Crippen molar-refractivity contribution in [1.82, 2.24) is 0 Å². The normalized spacial score (nSPS) is 12.8. The molecule has 118 valence electrons. The van der Waals surface area contributed by atoms with Crippen molar-refractivity contribution in [2.24, 2.45) is 0 Å². The van der Waals surface area contributed by atoms with Crippen molar-refractivity contribution < 1.29 is 13.2 Å². The first-order valence-corrected chi connectivity index (χ1v) is 9.11. The van der Waals surface area contributed by atoms with Crippen LogP contribution in [0.2, 0.25) is 0 Å². The third-order valence-corrected chi connectivity index (χ3v) is 4.46. The Bertz CT molecular complexity index is 699. The molecule has 0 aliphatic heterocycles. The van der Waals surface area contributed by atoms with Crippen LogP contribution in [-0.4, -0.2) is 27.8 Å². The number of hydrogen-bond donors (Lipinski definition) is 1. The Morgan fingerprint density at radius 2 is 1.68 bits per heavy atom. The number of sulfone groups is 1. The van der Waals surface area contributed by atoms with Crippen molar-refractivity contribution in [3.63, 3.8) is 0 Å². The molecule has 4 nitrogen and oxygen atoms in total. The molecule has 0 aromatic heterocycles. The lowest BCUT2D eigenvalue weighted by Crippen LogP contribution is -2.17. The van der Waals surface area contributed by atoms with Crippen LogP contribution in [0.1, 0.15) is 18.6 Å². The minimum atomic E-state index is -3.26. The lowest BCUT2D eigenvalue weighted by Gasteiger charge is -2.19. The van der Waals surface area contributed by atoms with Gasteiger partial charge in [-0.25, -0.2) is 8.42 Å². The van der Waals surface area contributed by atoms with Gasteiger partial charge < -0.3 is 10.1 Å². The highest BCUT2D eigenvalue weighted by Gasteiger charge is 2.15. The number of benzene rings is 2. The van der Waals surface area contributed by atoms with Crippen LogP contribution < -0.4 is 5.32 Å². The molecule has 22 heavy (non-hydrogen) atoms. The molecule has 2 rings (SSSR count). The topological polar surface area (TPSA) is 55.4 Å². The standard InChI is InChI=1S/C17H21NO3S/c1-3-21-16(14-9-5-4-6-10-14)13-18-15-11-7-8-12-17(15)22(2,19)20/h4-12,16,18H,3,13H2,1-2H3.